The number of nitrogens with zero attached hydrogens (tertiary/aromatic N) is 3. The van der Waals surface area contributed by atoms with Crippen LogP contribution in [-0.2, 0) is 6.54 Å². The Morgan fingerprint density at radius 3 is 2.82 bits per heavy atom. The van der Waals surface area contributed by atoms with Crippen molar-refractivity contribution in [3.63, 3.8) is 0 Å². The second-order valence-corrected chi connectivity index (χ2v) is 3.40. The summed E-state index contributed by atoms with van der Waals surface area (Å²) < 4.78 is 2.97. The summed E-state index contributed by atoms with van der Waals surface area (Å²) in [5.41, 5.74) is 0. The molecule has 11 heavy (non-hydrogen) atoms. The van der Waals surface area contributed by atoms with Crippen LogP contribution in [-0.4, -0.2) is 35.1 Å². The SMILES string of the molecule is CN(C)CCn1ccnc1Br. The van der Waals surface area contributed by atoms with Gasteiger partial charge in [-0.1, -0.05) is 0 Å². The lowest BCUT2D eigenvalue weighted by atomic mass is 10.6. The first kappa shape index (κ1) is 8.74. The molecular formula is C7H12BrN3. The maximum absolute atomic E-state index is 4.06. The van der Waals surface area contributed by atoms with Crippen molar-refractivity contribution in [3.05, 3.63) is 17.1 Å². The Kier molecular flexibility index (Phi) is 3.08. The maximum Gasteiger partial charge on any atom is 0.177 e. The zero-order valence-electron chi connectivity index (χ0n) is 6.79. The zero-order chi connectivity index (χ0) is 8.27. The van der Waals surface area contributed by atoms with Crippen LogP contribution in [0.3, 0.4) is 0 Å². The molecule has 0 bridgehead atoms. The van der Waals surface area contributed by atoms with E-state index in [-0.39, 0.29) is 0 Å². The molecule has 1 aromatic heterocycles. The van der Waals surface area contributed by atoms with Gasteiger partial charge in [0.2, 0.25) is 0 Å². The van der Waals surface area contributed by atoms with Gasteiger partial charge in [-0.3, -0.25) is 0 Å². The Balaban J connectivity index is 2.44. The number of halogens is 1. The first-order chi connectivity index (χ1) is 5.20. The Hall–Kier alpha value is -0.350. The molecule has 62 valence electrons. The fourth-order valence-electron chi connectivity index (χ4n) is 0.786. The molecule has 0 atom stereocenters. The van der Waals surface area contributed by atoms with Gasteiger partial charge in [0.25, 0.3) is 0 Å². The Bertz CT molecular complexity index is 219. The van der Waals surface area contributed by atoms with Crippen LogP contribution >= 0.6 is 15.9 Å². The molecule has 0 spiro atoms. The van der Waals surface area contributed by atoms with E-state index in [1.807, 2.05) is 6.20 Å². The van der Waals surface area contributed by atoms with Crippen molar-refractivity contribution in [1.29, 1.82) is 0 Å². The van der Waals surface area contributed by atoms with E-state index in [1.165, 1.54) is 0 Å². The van der Waals surface area contributed by atoms with E-state index >= 15 is 0 Å². The molecule has 1 heterocycles. The second-order valence-electron chi connectivity index (χ2n) is 2.69. The summed E-state index contributed by atoms with van der Waals surface area (Å²) >= 11 is 3.35. The molecule has 0 saturated carbocycles. The summed E-state index contributed by atoms with van der Waals surface area (Å²) in [6.07, 6.45) is 3.76. The highest BCUT2D eigenvalue weighted by atomic mass is 79.9. The maximum atomic E-state index is 4.06. The van der Waals surface area contributed by atoms with Crippen molar-refractivity contribution in [2.24, 2.45) is 0 Å². The van der Waals surface area contributed by atoms with Crippen LogP contribution in [0.5, 0.6) is 0 Å². The zero-order valence-corrected chi connectivity index (χ0v) is 8.37. The molecule has 0 aliphatic carbocycles. The Morgan fingerprint density at radius 1 is 1.64 bits per heavy atom. The van der Waals surface area contributed by atoms with Crippen LogP contribution in [0.4, 0.5) is 0 Å². The average molecular weight is 218 g/mol. The highest BCUT2D eigenvalue weighted by molar-refractivity contribution is 9.10. The molecule has 0 aliphatic heterocycles. The fourth-order valence-corrected chi connectivity index (χ4v) is 1.20. The summed E-state index contributed by atoms with van der Waals surface area (Å²) in [6, 6.07) is 0. The minimum atomic E-state index is 0.902. The van der Waals surface area contributed by atoms with Gasteiger partial charge in [-0.2, -0.15) is 0 Å². The van der Waals surface area contributed by atoms with Crippen molar-refractivity contribution < 1.29 is 0 Å². The van der Waals surface area contributed by atoms with Crippen LogP contribution in [0.25, 0.3) is 0 Å². The largest absolute Gasteiger partial charge is 0.324 e. The third kappa shape index (κ3) is 2.63. The van der Waals surface area contributed by atoms with Crippen molar-refractivity contribution in [3.8, 4) is 0 Å². The van der Waals surface area contributed by atoms with Gasteiger partial charge in [0.1, 0.15) is 0 Å². The predicted octanol–water partition coefficient (Wildman–Crippen LogP) is 1.21. The number of aromatic nitrogens is 2. The summed E-state index contributed by atoms with van der Waals surface area (Å²) in [5, 5.41) is 0. The molecule has 0 aromatic carbocycles. The van der Waals surface area contributed by atoms with Crippen LogP contribution in [0.1, 0.15) is 0 Å². The van der Waals surface area contributed by atoms with Gasteiger partial charge in [-0.25, -0.2) is 4.98 Å². The molecular weight excluding hydrogens is 206 g/mol. The van der Waals surface area contributed by atoms with Crippen molar-refractivity contribution in [2.45, 2.75) is 6.54 Å². The van der Waals surface area contributed by atoms with Crippen LogP contribution in [0, 0.1) is 0 Å². The first-order valence-corrected chi connectivity index (χ1v) is 4.31. The van der Waals surface area contributed by atoms with E-state index < -0.39 is 0 Å². The molecule has 4 heteroatoms. The van der Waals surface area contributed by atoms with Gasteiger partial charge in [0.15, 0.2) is 4.73 Å². The van der Waals surface area contributed by atoms with E-state index in [0.29, 0.717) is 0 Å². The molecule has 0 radical (unpaired) electrons. The molecule has 3 nitrogen and oxygen atoms in total. The summed E-state index contributed by atoms with van der Waals surface area (Å²) in [5.74, 6) is 0. The average Bonchev–Trinajstić information content (AvgIpc) is 2.31. The van der Waals surface area contributed by atoms with Gasteiger partial charge in [-0.05, 0) is 30.0 Å². The van der Waals surface area contributed by atoms with Gasteiger partial charge < -0.3 is 9.47 Å². The summed E-state index contributed by atoms with van der Waals surface area (Å²) in [6.45, 7) is 2.02. The minimum Gasteiger partial charge on any atom is -0.324 e. The third-order valence-corrected chi connectivity index (χ3v) is 2.11. The summed E-state index contributed by atoms with van der Waals surface area (Å²) in [7, 11) is 4.12. The van der Waals surface area contributed by atoms with E-state index in [9.17, 15) is 0 Å². The lowest BCUT2D eigenvalue weighted by molar-refractivity contribution is 0.382. The van der Waals surface area contributed by atoms with Gasteiger partial charge in [0, 0.05) is 25.5 Å². The van der Waals surface area contributed by atoms with Crippen LogP contribution in [0.15, 0.2) is 17.1 Å². The van der Waals surface area contributed by atoms with Crippen LogP contribution in [0.2, 0.25) is 0 Å². The smallest absolute Gasteiger partial charge is 0.177 e. The second kappa shape index (κ2) is 3.88. The molecule has 0 amide bonds. The van der Waals surface area contributed by atoms with E-state index in [4.69, 9.17) is 0 Å². The van der Waals surface area contributed by atoms with Gasteiger partial charge in [0.05, 0.1) is 0 Å². The number of likely N-dealkylation sites (N-methyl/N-ethyl adjacent to an activating group) is 1. The summed E-state index contributed by atoms with van der Waals surface area (Å²) in [4.78, 5) is 6.20. The molecule has 0 fully saturated rings. The third-order valence-electron chi connectivity index (χ3n) is 1.45. The highest BCUT2D eigenvalue weighted by Crippen LogP contribution is 2.05. The monoisotopic (exact) mass is 217 g/mol. The lowest BCUT2D eigenvalue weighted by Crippen LogP contribution is -2.18. The molecule has 1 aromatic rings. The van der Waals surface area contributed by atoms with Crippen LogP contribution < -0.4 is 0 Å². The van der Waals surface area contributed by atoms with Gasteiger partial charge in [-0.15, -0.1) is 0 Å². The lowest BCUT2D eigenvalue weighted by Gasteiger charge is -2.09. The Morgan fingerprint density at radius 2 is 2.36 bits per heavy atom. The van der Waals surface area contributed by atoms with Crippen molar-refractivity contribution >= 4 is 15.9 Å². The number of hydrogen-bond acceptors (Lipinski definition) is 2. The standard InChI is InChI=1S/C7H12BrN3/c1-10(2)5-6-11-4-3-9-7(11)8/h3-4H,5-6H2,1-2H3. The molecule has 1 rings (SSSR count). The first-order valence-electron chi connectivity index (χ1n) is 3.51. The van der Waals surface area contributed by atoms with Crippen molar-refractivity contribution in [1.82, 2.24) is 14.5 Å². The predicted molar refractivity (Wildman–Crippen MR) is 48.5 cm³/mol. The highest BCUT2D eigenvalue weighted by Gasteiger charge is 1.97. The molecule has 0 aliphatic rings. The van der Waals surface area contributed by atoms with E-state index in [0.717, 1.165) is 17.8 Å². The molecule has 0 N–H and O–H groups in total. The number of hydrogen-bond donors (Lipinski definition) is 0. The van der Waals surface area contributed by atoms with E-state index in [2.05, 4.69) is 44.5 Å². The quantitative estimate of drug-likeness (QED) is 0.760. The van der Waals surface area contributed by atoms with E-state index in [1.54, 1.807) is 6.20 Å². The fraction of sp³-hybridized carbons (Fsp3) is 0.571. The van der Waals surface area contributed by atoms with Crippen molar-refractivity contribution in [2.75, 3.05) is 20.6 Å². The number of imidazole rings is 1. The molecule has 0 unspecified atom stereocenters. The normalized spacial score (nSPS) is 10.9. The van der Waals surface area contributed by atoms with Gasteiger partial charge >= 0.3 is 0 Å². The number of rotatable bonds is 3. The minimum absolute atomic E-state index is 0.902. The Labute approximate surface area is 75.2 Å². The molecule has 0 saturated heterocycles. The topological polar surface area (TPSA) is 21.1 Å².